The summed E-state index contributed by atoms with van der Waals surface area (Å²) in [4.78, 5) is 0. The maximum Gasteiger partial charge on any atom is 0.0451 e. The van der Waals surface area contributed by atoms with Crippen molar-refractivity contribution < 1.29 is 0 Å². The Hall–Kier alpha value is -0.980. The highest BCUT2D eigenvalue weighted by Crippen LogP contribution is 2.73. The first-order valence-electron chi connectivity index (χ1n) is 6.89. The molecule has 1 heterocycles. The Kier molecular flexibility index (Phi) is 1.50. The summed E-state index contributed by atoms with van der Waals surface area (Å²) in [6.45, 7) is 7.45. The fourth-order valence-electron chi connectivity index (χ4n) is 5.63. The number of para-hydroxylation sites is 1. The van der Waals surface area contributed by atoms with Crippen LogP contribution in [0.3, 0.4) is 0 Å². The highest BCUT2D eigenvalue weighted by atomic mass is 15.1. The molecule has 1 aromatic carbocycles. The van der Waals surface area contributed by atoms with E-state index in [0.29, 0.717) is 16.4 Å². The van der Waals surface area contributed by atoms with Crippen LogP contribution in [0, 0.1) is 11.3 Å². The normalized spacial score (nSPS) is 44.3. The lowest BCUT2D eigenvalue weighted by atomic mass is 9.60. The molecule has 0 amide bonds. The van der Waals surface area contributed by atoms with E-state index in [9.17, 15) is 0 Å². The Balaban J connectivity index is 2.05. The van der Waals surface area contributed by atoms with E-state index in [-0.39, 0.29) is 0 Å². The summed E-state index contributed by atoms with van der Waals surface area (Å²) in [6, 6.07) is 9.00. The molecule has 2 bridgehead atoms. The minimum atomic E-state index is 0.295. The van der Waals surface area contributed by atoms with Crippen LogP contribution in [0.25, 0.3) is 0 Å². The number of hydrogen-bond donors (Lipinski definition) is 1. The summed E-state index contributed by atoms with van der Waals surface area (Å²) in [5.74, 6) is 0.897. The number of fused-ring (bicyclic) bond motifs is 2. The third-order valence-electron chi connectivity index (χ3n) is 6.38. The summed E-state index contributed by atoms with van der Waals surface area (Å²) in [5.41, 5.74) is 4.10. The minimum Gasteiger partial charge on any atom is -0.379 e. The number of anilines is 1. The maximum atomic E-state index is 3.85. The molecule has 1 heteroatoms. The second-order valence-corrected chi connectivity index (χ2v) is 7.07. The van der Waals surface area contributed by atoms with Crippen LogP contribution in [0.1, 0.15) is 45.6 Å². The topological polar surface area (TPSA) is 12.0 Å². The fraction of sp³-hybridized carbons (Fsp3) is 0.625. The SMILES string of the molecule is CC1(C)[C@@H]2CC[C@]13c1ccccc1N[C@]3(C)C2. The van der Waals surface area contributed by atoms with Crippen LogP contribution in [0.2, 0.25) is 0 Å². The van der Waals surface area contributed by atoms with Crippen LogP contribution in [0.4, 0.5) is 5.69 Å². The van der Waals surface area contributed by atoms with Crippen LogP contribution < -0.4 is 5.32 Å². The van der Waals surface area contributed by atoms with Gasteiger partial charge in [0.15, 0.2) is 0 Å². The molecule has 2 saturated carbocycles. The molecular formula is C16H21N. The average Bonchev–Trinajstić information content (AvgIpc) is 2.76. The van der Waals surface area contributed by atoms with Gasteiger partial charge in [0.25, 0.3) is 0 Å². The smallest absolute Gasteiger partial charge is 0.0451 e. The van der Waals surface area contributed by atoms with Crippen LogP contribution in [0.15, 0.2) is 24.3 Å². The molecule has 17 heavy (non-hydrogen) atoms. The monoisotopic (exact) mass is 227 g/mol. The lowest BCUT2D eigenvalue weighted by Gasteiger charge is -2.44. The average molecular weight is 227 g/mol. The van der Waals surface area contributed by atoms with Crippen molar-refractivity contribution in [1.82, 2.24) is 0 Å². The van der Waals surface area contributed by atoms with Gasteiger partial charge in [-0.2, -0.15) is 0 Å². The van der Waals surface area contributed by atoms with Crippen LogP contribution >= 0.6 is 0 Å². The van der Waals surface area contributed by atoms with Gasteiger partial charge < -0.3 is 5.32 Å². The molecule has 3 aliphatic rings. The molecule has 2 aliphatic carbocycles. The number of rotatable bonds is 0. The summed E-state index contributed by atoms with van der Waals surface area (Å²) in [5, 5.41) is 3.85. The number of nitrogens with one attached hydrogen (secondary N) is 1. The van der Waals surface area contributed by atoms with E-state index in [1.165, 1.54) is 24.9 Å². The Morgan fingerprint density at radius 1 is 1.18 bits per heavy atom. The molecule has 2 fully saturated rings. The lowest BCUT2D eigenvalue weighted by Crippen LogP contribution is -2.50. The zero-order valence-corrected chi connectivity index (χ0v) is 11.0. The van der Waals surface area contributed by atoms with Crippen molar-refractivity contribution in [2.75, 3.05) is 5.32 Å². The quantitative estimate of drug-likeness (QED) is 0.707. The number of benzene rings is 1. The minimum absolute atomic E-state index is 0.295. The predicted molar refractivity (Wildman–Crippen MR) is 71.3 cm³/mol. The van der Waals surface area contributed by atoms with Crippen molar-refractivity contribution >= 4 is 5.69 Å². The summed E-state index contributed by atoms with van der Waals surface area (Å²) >= 11 is 0. The van der Waals surface area contributed by atoms with Gasteiger partial charge in [-0.1, -0.05) is 32.0 Å². The van der Waals surface area contributed by atoms with Crippen molar-refractivity contribution in [2.45, 2.75) is 51.0 Å². The van der Waals surface area contributed by atoms with E-state index in [2.05, 4.69) is 50.4 Å². The lowest BCUT2D eigenvalue weighted by molar-refractivity contribution is 0.185. The van der Waals surface area contributed by atoms with Gasteiger partial charge in [-0.3, -0.25) is 0 Å². The molecule has 3 atom stereocenters. The fourth-order valence-corrected chi connectivity index (χ4v) is 5.63. The Morgan fingerprint density at radius 3 is 2.71 bits per heavy atom. The van der Waals surface area contributed by atoms with E-state index in [4.69, 9.17) is 0 Å². The standard InChI is InChI=1S/C16H21N/c1-14(2)11-8-9-16(14)12-6-4-5-7-13(12)17-15(16,3)10-11/h4-7,11,17H,8-10H2,1-3H3/t11-,15-,16+/m1/s1. The molecule has 1 spiro atoms. The molecule has 1 aromatic rings. The predicted octanol–water partition coefficient (Wildman–Crippen LogP) is 3.95. The van der Waals surface area contributed by atoms with Gasteiger partial charge in [0.2, 0.25) is 0 Å². The first kappa shape index (κ1) is 9.99. The van der Waals surface area contributed by atoms with Crippen molar-refractivity contribution in [3.05, 3.63) is 29.8 Å². The van der Waals surface area contributed by atoms with E-state index in [1.807, 2.05) is 0 Å². The van der Waals surface area contributed by atoms with Gasteiger partial charge in [0.05, 0.1) is 0 Å². The van der Waals surface area contributed by atoms with Crippen LogP contribution in [-0.2, 0) is 5.41 Å². The van der Waals surface area contributed by atoms with Crippen molar-refractivity contribution in [1.29, 1.82) is 0 Å². The first-order valence-corrected chi connectivity index (χ1v) is 6.89. The highest BCUT2D eigenvalue weighted by molar-refractivity contribution is 5.67. The van der Waals surface area contributed by atoms with E-state index < -0.39 is 0 Å². The van der Waals surface area contributed by atoms with Crippen LogP contribution in [-0.4, -0.2) is 5.54 Å². The first-order chi connectivity index (χ1) is 8.01. The third-order valence-corrected chi connectivity index (χ3v) is 6.38. The second kappa shape index (κ2) is 2.55. The van der Waals surface area contributed by atoms with Crippen molar-refractivity contribution in [3.63, 3.8) is 0 Å². The summed E-state index contributed by atoms with van der Waals surface area (Å²) in [6.07, 6.45) is 4.12. The van der Waals surface area contributed by atoms with Gasteiger partial charge in [0, 0.05) is 16.6 Å². The van der Waals surface area contributed by atoms with Crippen molar-refractivity contribution in [2.24, 2.45) is 11.3 Å². The van der Waals surface area contributed by atoms with Gasteiger partial charge >= 0.3 is 0 Å². The van der Waals surface area contributed by atoms with E-state index >= 15 is 0 Å². The Bertz CT molecular complexity index is 504. The summed E-state index contributed by atoms with van der Waals surface area (Å²) < 4.78 is 0. The zero-order valence-electron chi connectivity index (χ0n) is 11.0. The Labute approximate surface area is 104 Å². The highest BCUT2D eigenvalue weighted by Gasteiger charge is 2.72. The maximum absolute atomic E-state index is 3.85. The van der Waals surface area contributed by atoms with Gasteiger partial charge in [-0.25, -0.2) is 0 Å². The molecule has 0 unspecified atom stereocenters. The second-order valence-electron chi connectivity index (χ2n) is 7.07. The zero-order chi connectivity index (χ0) is 11.9. The van der Waals surface area contributed by atoms with Gasteiger partial charge in [-0.05, 0) is 49.1 Å². The molecule has 1 nitrogen and oxygen atoms in total. The largest absolute Gasteiger partial charge is 0.379 e. The molecule has 0 saturated heterocycles. The molecular weight excluding hydrogens is 206 g/mol. The van der Waals surface area contributed by atoms with E-state index in [0.717, 1.165) is 5.92 Å². The van der Waals surface area contributed by atoms with Crippen LogP contribution in [0.5, 0.6) is 0 Å². The molecule has 0 radical (unpaired) electrons. The van der Waals surface area contributed by atoms with Gasteiger partial charge in [-0.15, -0.1) is 0 Å². The molecule has 4 rings (SSSR count). The van der Waals surface area contributed by atoms with E-state index in [1.54, 1.807) is 5.56 Å². The number of hydrogen-bond acceptors (Lipinski definition) is 1. The molecule has 1 aliphatic heterocycles. The molecule has 0 aromatic heterocycles. The third kappa shape index (κ3) is 0.811. The summed E-state index contributed by atoms with van der Waals surface area (Å²) in [7, 11) is 0. The van der Waals surface area contributed by atoms with Crippen molar-refractivity contribution in [3.8, 4) is 0 Å². The molecule has 90 valence electrons. The Morgan fingerprint density at radius 2 is 1.94 bits per heavy atom. The molecule has 1 N–H and O–H groups in total. The van der Waals surface area contributed by atoms with Gasteiger partial charge in [0.1, 0.15) is 0 Å².